The van der Waals surface area contributed by atoms with Crippen LogP contribution < -0.4 is 4.90 Å². The second kappa shape index (κ2) is 5.43. The maximum atomic E-state index is 12.7. The molecular weight excluding hydrogens is 292 g/mol. The summed E-state index contributed by atoms with van der Waals surface area (Å²) >= 11 is 0. The highest BCUT2D eigenvalue weighted by Gasteiger charge is 2.30. The summed E-state index contributed by atoms with van der Waals surface area (Å²) in [5.74, 6) is 1.17. The second-order valence-electron chi connectivity index (χ2n) is 5.78. The van der Waals surface area contributed by atoms with Crippen LogP contribution in [0.3, 0.4) is 0 Å². The van der Waals surface area contributed by atoms with E-state index in [0.717, 1.165) is 12.1 Å². The number of anilines is 1. The third-order valence-corrected chi connectivity index (χ3v) is 4.13. The lowest BCUT2D eigenvalue weighted by Crippen LogP contribution is -2.36. The number of carbonyl (C=O) groups excluding carboxylic acids is 1. The van der Waals surface area contributed by atoms with E-state index in [1.807, 2.05) is 23.1 Å². The van der Waals surface area contributed by atoms with E-state index in [0.29, 0.717) is 17.2 Å². The monoisotopic (exact) mass is 308 g/mol. The van der Waals surface area contributed by atoms with Crippen molar-refractivity contribution in [3.63, 3.8) is 0 Å². The first-order valence-corrected chi connectivity index (χ1v) is 7.62. The molecule has 5 nitrogen and oxygen atoms in total. The molecule has 3 aromatic rings. The minimum absolute atomic E-state index is 0.0294. The molecule has 4 rings (SSSR count). The Morgan fingerprint density at radius 2 is 2.13 bits per heavy atom. The summed E-state index contributed by atoms with van der Waals surface area (Å²) in [5, 5.41) is 3.98. The third kappa shape index (κ3) is 2.44. The van der Waals surface area contributed by atoms with Crippen LogP contribution in [0.4, 0.5) is 5.69 Å². The first kappa shape index (κ1) is 13.8. The number of aromatic nitrogens is 1. The molecule has 1 unspecified atom stereocenters. The summed E-state index contributed by atoms with van der Waals surface area (Å²) in [4.78, 5) is 14.6. The van der Waals surface area contributed by atoms with Gasteiger partial charge in [0.25, 0.3) is 0 Å². The number of para-hydroxylation sites is 1. The molecule has 1 atom stereocenters. The van der Waals surface area contributed by atoms with Crippen molar-refractivity contribution in [1.82, 2.24) is 5.16 Å². The fraction of sp³-hybridized carbons (Fsp3) is 0.222. The van der Waals surface area contributed by atoms with Crippen LogP contribution in [0.25, 0.3) is 11.5 Å². The van der Waals surface area contributed by atoms with Crippen LogP contribution in [0.15, 0.2) is 57.7 Å². The zero-order valence-corrected chi connectivity index (χ0v) is 12.7. The van der Waals surface area contributed by atoms with Gasteiger partial charge in [-0.25, -0.2) is 0 Å². The molecule has 0 saturated heterocycles. The molecule has 23 heavy (non-hydrogen) atoms. The van der Waals surface area contributed by atoms with Crippen LogP contribution in [-0.4, -0.2) is 17.1 Å². The van der Waals surface area contributed by atoms with Gasteiger partial charge in [0.2, 0.25) is 11.7 Å². The molecular formula is C18H16N2O3. The Bertz CT molecular complexity index is 836. The maximum absolute atomic E-state index is 12.7. The molecule has 0 bridgehead atoms. The van der Waals surface area contributed by atoms with E-state index >= 15 is 0 Å². The summed E-state index contributed by atoms with van der Waals surface area (Å²) in [7, 11) is 0. The number of nitrogens with zero attached hydrogens (tertiary/aromatic N) is 2. The third-order valence-electron chi connectivity index (χ3n) is 4.13. The quantitative estimate of drug-likeness (QED) is 0.743. The molecule has 0 saturated carbocycles. The van der Waals surface area contributed by atoms with Crippen molar-refractivity contribution in [3.8, 4) is 11.5 Å². The molecule has 0 spiro atoms. The summed E-state index contributed by atoms with van der Waals surface area (Å²) in [5.41, 5.74) is 2.82. The van der Waals surface area contributed by atoms with Crippen molar-refractivity contribution in [2.75, 3.05) is 4.90 Å². The van der Waals surface area contributed by atoms with Crippen molar-refractivity contribution in [3.05, 3.63) is 60.0 Å². The minimum Gasteiger partial charge on any atom is -0.461 e. The Labute approximate surface area is 133 Å². The number of hydrogen-bond donors (Lipinski definition) is 0. The second-order valence-corrected chi connectivity index (χ2v) is 5.78. The topological polar surface area (TPSA) is 59.5 Å². The molecule has 5 heteroatoms. The fourth-order valence-corrected chi connectivity index (χ4v) is 3.12. The summed E-state index contributed by atoms with van der Waals surface area (Å²) in [6, 6.07) is 13.5. The molecule has 1 aliphatic rings. The van der Waals surface area contributed by atoms with Gasteiger partial charge < -0.3 is 13.8 Å². The number of carbonyl (C=O) groups is 1. The molecule has 3 heterocycles. The van der Waals surface area contributed by atoms with Gasteiger partial charge in [-0.2, -0.15) is 0 Å². The summed E-state index contributed by atoms with van der Waals surface area (Å²) < 4.78 is 10.5. The van der Waals surface area contributed by atoms with Crippen molar-refractivity contribution in [1.29, 1.82) is 0 Å². The van der Waals surface area contributed by atoms with Crippen molar-refractivity contribution in [2.45, 2.75) is 25.8 Å². The van der Waals surface area contributed by atoms with E-state index in [2.05, 4.69) is 18.1 Å². The van der Waals surface area contributed by atoms with Crippen molar-refractivity contribution >= 4 is 11.6 Å². The number of hydrogen-bond acceptors (Lipinski definition) is 4. The average molecular weight is 308 g/mol. The molecule has 116 valence electrons. The SMILES string of the molecule is CC1Cc2ccccc2N1C(=O)Cc1cc(-c2ccco2)on1. The van der Waals surface area contributed by atoms with Crippen LogP contribution in [0.1, 0.15) is 18.2 Å². The molecule has 1 aliphatic heterocycles. The molecule has 0 fully saturated rings. The van der Waals surface area contributed by atoms with Crippen LogP contribution >= 0.6 is 0 Å². The van der Waals surface area contributed by atoms with E-state index in [1.165, 1.54) is 5.56 Å². The highest BCUT2D eigenvalue weighted by molar-refractivity contribution is 5.97. The number of furan rings is 1. The lowest BCUT2D eigenvalue weighted by atomic mass is 10.1. The smallest absolute Gasteiger partial charge is 0.233 e. The van der Waals surface area contributed by atoms with E-state index in [9.17, 15) is 4.79 Å². The molecule has 0 N–H and O–H groups in total. The van der Waals surface area contributed by atoms with Crippen molar-refractivity contribution in [2.24, 2.45) is 0 Å². The average Bonchev–Trinajstić information content (AvgIpc) is 3.25. The molecule has 2 aromatic heterocycles. The van der Waals surface area contributed by atoms with Gasteiger partial charge in [-0.3, -0.25) is 4.79 Å². The van der Waals surface area contributed by atoms with E-state index < -0.39 is 0 Å². The van der Waals surface area contributed by atoms with Crippen LogP contribution in [0.2, 0.25) is 0 Å². The molecule has 1 aromatic carbocycles. The van der Waals surface area contributed by atoms with E-state index in [1.54, 1.807) is 24.5 Å². The van der Waals surface area contributed by atoms with Gasteiger partial charge >= 0.3 is 0 Å². The van der Waals surface area contributed by atoms with Gasteiger partial charge in [-0.05, 0) is 37.1 Å². The van der Waals surface area contributed by atoms with Crippen LogP contribution in [-0.2, 0) is 17.6 Å². The van der Waals surface area contributed by atoms with E-state index in [4.69, 9.17) is 8.94 Å². The van der Waals surface area contributed by atoms with Gasteiger partial charge in [0.15, 0.2) is 5.76 Å². The summed E-state index contributed by atoms with van der Waals surface area (Å²) in [6.07, 6.45) is 2.67. The molecule has 0 radical (unpaired) electrons. The largest absolute Gasteiger partial charge is 0.461 e. The number of rotatable bonds is 3. The minimum atomic E-state index is 0.0294. The first-order valence-electron chi connectivity index (χ1n) is 7.62. The lowest BCUT2D eigenvalue weighted by Gasteiger charge is -2.22. The first-order chi connectivity index (χ1) is 11.2. The predicted octanol–water partition coefficient (Wildman–Crippen LogP) is 3.45. The fourth-order valence-electron chi connectivity index (χ4n) is 3.12. The number of fused-ring (bicyclic) bond motifs is 1. The predicted molar refractivity (Wildman–Crippen MR) is 85.0 cm³/mol. The lowest BCUT2D eigenvalue weighted by molar-refractivity contribution is -0.118. The number of amides is 1. The Balaban J connectivity index is 1.55. The standard InChI is InChI=1S/C18H16N2O3/c1-12-9-13-5-2-3-6-15(13)20(12)18(21)11-14-10-17(23-19-14)16-7-4-8-22-16/h2-8,10,12H,9,11H2,1H3. The highest BCUT2D eigenvalue weighted by atomic mass is 16.5. The Kier molecular flexibility index (Phi) is 3.26. The highest BCUT2D eigenvalue weighted by Crippen LogP contribution is 2.32. The van der Waals surface area contributed by atoms with Gasteiger partial charge in [0.1, 0.15) is 0 Å². The number of benzene rings is 1. The van der Waals surface area contributed by atoms with Gasteiger partial charge in [-0.1, -0.05) is 23.4 Å². The Hall–Kier alpha value is -2.82. The Morgan fingerprint density at radius 1 is 1.26 bits per heavy atom. The summed E-state index contributed by atoms with van der Waals surface area (Å²) in [6.45, 7) is 2.06. The van der Waals surface area contributed by atoms with Gasteiger partial charge in [0.05, 0.1) is 18.4 Å². The zero-order chi connectivity index (χ0) is 15.8. The normalized spacial score (nSPS) is 16.6. The Morgan fingerprint density at radius 3 is 2.96 bits per heavy atom. The van der Waals surface area contributed by atoms with Crippen LogP contribution in [0, 0.1) is 0 Å². The van der Waals surface area contributed by atoms with Crippen LogP contribution in [0.5, 0.6) is 0 Å². The van der Waals surface area contributed by atoms with Gasteiger partial charge in [0, 0.05) is 17.8 Å². The van der Waals surface area contributed by atoms with E-state index in [-0.39, 0.29) is 18.4 Å². The maximum Gasteiger partial charge on any atom is 0.233 e. The molecule has 1 amide bonds. The zero-order valence-electron chi connectivity index (χ0n) is 12.7. The van der Waals surface area contributed by atoms with Gasteiger partial charge in [-0.15, -0.1) is 0 Å². The van der Waals surface area contributed by atoms with Crippen molar-refractivity contribution < 1.29 is 13.7 Å². The molecule has 0 aliphatic carbocycles.